The Morgan fingerprint density at radius 2 is 1.71 bits per heavy atom. The number of halogens is 1. The normalized spacial score (nSPS) is 10.5. The summed E-state index contributed by atoms with van der Waals surface area (Å²) in [7, 11) is 0. The van der Waals surface area contributed by atoms with E-state index in [0.717, 1.165) is 31.9 Å². The van der Waals surface area contributed by atoms with E-state index < -0.39 is 0 Å². The zero-order valence-electron chi connectivity index (χ0n) is 14.5. The molecular formula is C20H28ClNO2. The summed E-state index contributed by atoms with van der Waals surface area (Å²) < 4.78 is 11.4. The van der Waals surface area contributed by atoms with E-state index in [9.17, 15) is 0 Å². The van der Waals surface area contributed by atoms with Gasteiger partial charge in [0.1, 0.15) is 12.4 Å². The molecule has 24 heavy (non-hydrogen) atoms. The van der Waals surface area contributed by atoms with Crippen LogP contribution in [0.15, 0.2) is 54.6 Å². The Bertz CT molecular complexity index is 561. The van der Waals surface area contributed by atoms with Crippen LogP contribution in [0.25, 0.3) is 0 Å². The molecule has 0 bridgehead atoms. The number of nitrogens with one attached hydrogen (secondary N) is 1. The zero-order valence-corrected chi connectivity index (χ0v) is 15.4. The summed E-state index contributed by atoms with van der Waals surface area (Å²) in [5.74, 6) is 0.913. The lowest BCUT2D eigenvalue weighted by atomic mass is 10.2. The Kier molecular flexibility index (Phi) is 10.2. The zero-order chi connectivity index (χ0) is 16.3. The summed E-state index contributed by atoms with van der Waals surface area (Å²) in [5.41, 5.74) is 2.42. The molecule has 2 rings (SSSR count). The van der Waals surface area contributed by atoms with E-state index in [1.807, 2.05) is 30.3 Å². The molecule has 0 aliphatic carbocycles. The SMILES string of the molecule is CC(C)OCCCNCc1cccc(OCc2ccccc2)c1.Cl. The molecule has 0 saturated carbocycles. The van der Waals surface area contributed by atoms with Gasteiger partial charge in [0, 0.05) is 13.2 Å². The van der Waals surface area contributed by atoms with Crippen molar-refractivity contribution in [3.05, 3.63) is 65.7 Å². The van der Waals surface area contributed by atoms with Crippen LogP contribution in [0.3, 0.4) is 0 Å². The Morgan fingerprint density at radius 1 is 0.958 bits per heavy atom. The van der Waals surface area contributed by atoms with Crippen molar-refractivity contribution < 1.29 is 9.47 Å². The molecule has 0 unspecified atom stereocenters. The highest BCUT2D eigenvalue weighted by Crippen LogP contribution is 2.15. The van der Waals surface area contributed by atoms with Crippen LogP contribution in [-0.2, 0) is 17.9 Å². The van der Waals surface area contributed by atoms with Crippen molar-refractivity contribution in [3.8, 4) is 5.75 Å². The van der Waals surface area contributed by atoms with Crippen LogP contribution in [0, 0.1) is 0 Å². The fourth-order valence-electron chi connectivity index (χ4n) is 2.24. The Hall–Kier alpha value is -1.55. The average molecular weight is 350 g/mol. The molecule has 132 valence electrons. The number of benzene rings is 2. The third kappa shape index (κ3) is 8.34. The maximum atomic E-state index is 5.86. The van der Waals surface area contributed by atoms with E-state index in [0.29, 0.717) is 12.7 Å². The lowest BCUT2D eigenvalue weighted by molar-refractivity contribution is 0.0770. The predicted molar refractivity (Wildman–Crippen MR) is 102 cm³/mol. The number of ether oxygens (including phenoxy) is 2. The fourth-order valence-corrected chi connectivity index (χ4v) is 2.24. The van der Waals surface area contributed by atoms with Crippen LogP contribution < -0.4 is 10.1 Å². The monoisotopic (exact) mass is 349 g/mol. The lowest BCUT2D eigenvalue weighted by Crippen LogP contribution is -2.17. The molecule has 0 aliphatic heterocycles. The third-order valence-corrected chi connectivity index (χ3v) is 3.42. The van der Waals surface area contributed by atoms with Gasteiger partial charge < -0.3 is 14.8 Å². The first-order chi connectivity index (χ1) is 11.2. The van der Waals surface area contributed by atoms with Gasteiger partial charge in [-0.25, -0.2) is 0 Å². The van der Waals surface area contributed by atoms with E-state index in [1.165, 1.54) is 11.1 Å². The van der Waals surface area contributed by atoms with Gasteiger partial charge in [0.05, 0.1) is 6.10 Å². The smallest absolute Gasteiger partial charge is 0.120 e. The van der Waals surface area contributed by atoms with Gasteiger partial charge in [-0.2, -0.15) is 0 Å². The second-order valence-electron chi connectivity index (χ2n) is 5.87. The number of hydrogen-bond acceptors (Lipinski definition) is 3. The van der Waals surface area contributed by atoms with E-state index >= 15 is 0 Å². The predicted octanol–water partition coefficient (Wildman–Crippen LogP) is 4.59. The molecule has 1 N–H and O–H groups in total. The molecule has 3 nitrogen and oxygen atoms in total. The fraction of sp³-hybridized carbons (Fsp3) is 0.400. The summed E-state index contributed by atoms with van der Waals surface area (Å²) in [4.78, 5) is 0. The molecule has 4 heteroatoms. The molecule has 0 atom stereocenters. The molecule has 0 heterocycles. The Balaban J connectivity index is 0.00000288. The van der Waals surface area contributed by atoms with Gasteiger partial charge in [-0.1, -0.05) is 42.5 Å². The number of hydrogen-bond donors (Lipinski definition) is 1. The molecule has 2 aromatic rings. The number of rotatable bonds is 10. The molecular weight excluding hydrogens is 322 g/mol. The van der Waals surface area contributed by atoms with Gasteiger partial charge in [-0.15, -0.1) is 12.4 Å². The third-order valence-electron chi connectivity index (χ3n) is 3.42. The van der Waals surface area contributed by atoms with Crippen molar-refractivity contribution in [1.82, 2.24) is 5.32 Å². The molecule has 0 aromatic heterocycles. The van der Waals surface area contributed by atoms with Crippen LogP contribution in [0.1, 0.15) is 31.4 Å². The molecule has 0 saturated heterocycles. The van der Waals surface area contributed by atoms with E-state index in [1.54, 1.807) is 0 Å². The molecule has 0 fully saturated rings. The Labute approximate surface area is 151 Å². The van der Waals surface area contributed by atoms with Crippen molar-refractivity contribution in [3.63, 3.8) is 0 Å². The van der Waals surface area contributed by atoms with Crippen LogP contribution in [-0.4, -0.2) is 19.3 Å². The minimum Gasteiger partial charge on any atom is -0.489 e. The van der Waals surface area contributed by atoms with Gasteiger partial charge in [-0.3, -0.25) is 0 Å². The minimum absolute atomic E-state index is 0. The van der Waals surface area contributed by atoms with Gasteiger partial charge in [0.25, 0.3) is 0 Å². The second kappa shape index (κ2) is 11.9. The molecule has 2 aromatic carbocycles. The van der Waals surface area contributed by atoms with Crippen molar-refractivity contribution in [2.45, 2.75) is 39.5 Å². The van der Waals surface area contributed by atoms with Crippen LogP contribution in [0.5, 0.6) is 5.75 Å². The maximum absolute atomic E-state index is 5.86. The van der Waals surface area contributed by atoms with Crippen LogP contribution in [0.4, 0.5) is 0 Å². The van der Waals surface area contributed by atoms with E-state index in [4.69, 9.17) is 9.47 Å². The summed E-state index contributed by atoms with van der Waals surface area (Å²) in [5, 5.41) is 3.44. The van der Waals surface area contributed by atoms with Crippen molar-refractivity contribution in [2.24, 2.45) is 0 Å². The molecule has 0 amide bonds. The standard InChI is InChI=1S/C20H27NO2.ClH/c1-17(2)22-13-7-12-21-15-19-10-6-11-20(14-19)23-16-18-8-4-3-5-9-18;/h3-6,8-11,14,17,21H,7,12-13,15-16H2,1-2H3;1H. The first-order valence-electron chi connectivity index (χ1n) is 8.32. The van der Waals surface area contributed by atoms with E-state index in [-0.39, 0.29) is 12.4 Å². The van der Waals surface area contributed by atoms with Crippen molar-refractivity contribution in [2.75, 3.05) is 13.2 Å². The Morgan fingerprint density at radius 3 is 2.46 bits per heavy atom. The maximum Gasteiger partial charge on any atom is 0.120 e. The highest BCUT2D eigenvalue weighted by molar-refractivity contribution is 5.85. The lowest BCUT2D eigenvalue weighted by Gasteiger charge is -2.10. The summed E-state index contributed by atoms with van der Waals surface area (Å²) >= 11 is 0. The summed E-state index contributed by atoms with van der Waals surface area (Å²) in [6.45, 7) is 7.35. The average Bonchev–Trinajstić information content (AvgIpc) is 2.57. The van der Waals surface area contributed by atoms with Gasteiger partial charge >= 0.3 is 0 Å². The molecule has 0 aliphatic rings. The molecule has 0 radical (unpaired) electrons. The van der Waals surface area contributed by atoms with Crippen molar-refractivity contribution >= 4 is 12.4 Å². The largest absolute Gasteiger partial charge is 0.489 e. The van der Waals surface area contributed by atoms with Crippen LogP contribution >= 0.6 is 12.4 Å². The van der Waals surface area contributed by atoms with Crippen LogP contribution in [0.2, 0.25) is 0 Å². The second-order valence-corrected chi connectivity index (χ2v) is 5.87. The first kappa shape index (κ1) is 20.5. The van der Waals surface area contributed by atoms with E-state index in [2.05, 4.69) is 43.4 Å². The van der Waals surface area contributed by atoms with Crippen molar-refractivity contribution in [1.29, 1.82) is 0 Å². The highest BCUT2D eigenvalue weighted by atomic mass is 35.5. The van der Waals surface area contributed by atoms with Gasteiger partial charge in [-0.05, 0) is 50.1 Å². The topological polar surface area (TPSA) is 30.5 Å². The highest BCUT2D eigenvalue weighted by Gasteiger charge is 1.99. The summed E-state index contributed by atoms with van der Waals surface area (Å²) in [6.07, 6.45) is 1.34. The minimum atomic E-state index is 0. The van der Waals surface area contributed by atoms with Gasteiger partial charge in [0.2, 0.25) is 0 Å². The first-order valence-corrected chi connectivity index (χ1v) is 8.32. The quantitative estimate of drug-likeness (QED) is 0.636. The summed E-state index contributed by atoms with van der Waals surface area (Å²) in [6, 6.07) is 18.5. The van der Waals surface area contributed by atoms with Gasteiger partial charge in [0.15, 0.2) is 0 Å². The molecule has 0 spiro atoms.